The summed E-state index contributed by atoms with van der Waals surface area (Å²) in [5, 5.41) is 4.20. The third-order valence-electron chi connectivity index (χ3n) is 5.97. The first-order valence-electron chi connectivity index (χ1n) is 11.6. The Morgan fingerprint density at radius 2 is 1.76 bits per heavy atom. The Labute approximate surface area is 206 Å². The van der Waals surface area contributed by atoms with Crippen LogP contribution in [0.1, 0.15) is 43.6 Å². The smallest absolute Gasteiger partial charge is 0.132 e. The van der Waals surface area contributed by atoms with Gasteiger partial charge in [0.05, 0.1) is 13.7 Å². The molecule has 3 aromatic carbocycles. The van der Waals surface area contributed by atoms with Gasteiger partial charge in [0, 0.05) is 29.4 Å². The van der Waals surface area contributed by atoms with Crippen LogP contribution in [-0.2, 0) is 22.6 Å². The zero-order valence-electron chi connectivity index (χ0n) is 20.1. The molecular formula is C28H32ClNO4. The van der Waals surface area contributed by atoms with Crippen molar-refractivity contribution >= 4 is 17.3 Å². The lowest BCUT2D eigenvalue weighted by Gasteiger charge is -2.44. The summed E-state index contributed by atoms with van der Waals surface area (Å²) in [6, 6.07) is 21.9. The quantitative estimate of drug-likeness (QED) is 0.364. The Bertz CT molecular complexity index is 1100. The monoisotopic (exact) mass is 481 g/mol. The van der Waals surface area contributed by atoms with Gasteiger partial charge in [-0.25, -0.2) is 0 Å². The number of halogens is 1. The van der Waals surface area contributed by atoms with Crippen molar-refractivity contribution in [2.75, 3.05) is 19.0 Å². The molecule has 1 heterocycles. The summed E-state index contributed by atoms with van der Waals surface area (Å²) in [7, 11) is 1.67. The van der Waals surface area contributed by atoms with Crippen molar-refractivity contribution in [3.8, 4) is 11.5 Å². The maximum absolute atomic E-state index is 6.41. The van der Waals surface area contributed by atoms with Gasteiger partial charge in [0.15, 0.2) is 0 Å². The fourth-order valence-electron chi connectivity index (χ4n) is 4.25. The fourth-order valence-corrected chi connectivity index (χ4v) is 4.46. The summed E-state index contributed by atoms with van der Waals surface area (Å²) in [5.74, 6) is 1.67. The molecule has 0 fully saturated rings. The average molecular weight is 482 g/mol. The van der Waals surface area contributed by atoms with E-state index in [9.17, 15) is 0 Å². The summed E-state index contributed by atoms with van der Waals surface area (Å²) in [5.41, 5.74) is 3.59. The standard InChI is InChI=1S/C28H32ClNO4/c1-5-32-26-24-16-22(30-17-19-9-12-23(31-4)13-10-19)11-14-25(24)34-28(2,3)27(26)33-18-20-7-6-8-21(29)15-20/h6-16,26-27,30H,5,17-18H2,1-4H3. The molecule has 6 heteroatoms. The van der Waals surface area contributed by atoms with E-state index in [1.165, 1.54) is 5.56 Å². The van der Waals surface area contributed by atoms with Crippen LogP contribution >= 0.6 is 11.6 Å². The molecule has 0 aliphatic carbocycles. The fraction of sp³-hybridized carbons (Fsp3) is 0.357. The van der Waals surface area contributed by atoms with Gasteiger partial charge in [-0.05, 0) is 74.4 Å². The number of methoxy groups -OCH3 is 1. The largest absolute Gasteiger partial charge is 0.497 e. The van der Waals surface area contributed by atoms with Gasteiger partial charge in [0.2, 0.25) is 0 Å². The minimum Gasteiger partial charge on any atom is -0.497 e. The van der Waals surface area contributed by atoms with Crippen LogP contribution in [0.2, 0.25) is 5.02 Å². The van der Waals surface area contributed by atoms with Crippen LogP contribution in [0.25, 0.3) is 0 Å². The third-order valence-corrected chi connectivity index (χ3v) is 6.21. The Morgan fingerprint density at radius 1 is 0.971 bits per heavy atom. The molecule has 0 spiro atoms. The number of anilines is 1. The van der Waals surface area contributed by atoms with Gasteiger partial charge in [-0.2, -0.15) is 0 Å². The van der Waals surface area contributed by atoms with E-state index in [1.807, 2.05) is 69.3 Å². The van der Waals surface area contributed by atoms with Gasteiger partial charge in [-0.15, -0.1) is 0 Å². The van der Waals surface area contributed by atoms with Gasteiger partial charge in [0.25, 0.3) is 0 Å². The number of fused-ring (bicyclic) bond motifs is 1. The molecule has 180 valence electrons. The molecule has 4 rings (SSSR count). The highest BCUT2D eigenvalue weighted by molar-refractivity contribution is 6.30. The Kier molecular flexibility index (Phi) is 7.67. The molecule has 1 aliphatic rings. The Balaban J connectivity index is 1.54. The topological polar surface area (TPSA) is 49.0 Å². The Morgan fingerprint density at radius 3 is 2.47 bits per heavy atom. The van der Waals surface area contributed by atoms with Crippen LogP contribution in [0.3, 0.4) is 0 Å². The first-order valence-corrected chi connectivity index (χ1v) is 11.9. The normalized spacial score (nSPS) is 18.6. The van der Waals surface area contributed by atoms with Crippen LogP contribution in [-0.4, -0.2) is 25.4 Å². The van der Waals surface area contributed by atoms with Crippen molar-refractivity contribution in [1.29, 1.82) is 0 Å². The second-order valence-electron chi connectivity index (χ2n) is 8.90. The molecule has 0 saturated heterocycles. The van der Waals surface area contributed by atoms with E-state index in [0.717, 1.165) is 28.3 Å². The summed E-state index contributed by atoms with van der Waals surface area (Å²) in [6.07, 6.45) is -0.554. The molecule has 3 aromatic rings. The summed E-state index contributed by atoms with van der Waals surface area (Å²) < 4.78 is 24.3. The van der Waals surface area contributed by atoms with E-state index < -0.39 is 5.60 Å². The van der Waals surface area contributed by atoms with Gasteiger partial charge < -0.3 is 24.3 Å². The van der Waals surface area contributed by atoms with Gasteiger partial charge in [-0.1, -0.05) is 35.9 Å². The molecule has 0 saturated carbocycles. The summed E-state index contributed by atoms with van der Waals surface area (Å²) >= 11 is 6.16. The average Bonchev–Trinajstić information content (AvgIpc) is 2.82. The van der Waals surface area contributed by atoms with Crippen molar-refractivity contribution in [1.82, 2.24) is 0 Å². The van der Waals surface area contributed by atoms with E-state index >= 15 is 0 Å². The van der Waals surface area contributed by atoms with E-state index in [-0.39, 0.29) is 12.2 Å². The summed E-state index contributed by atoms with van der Waals surface area (Å²) in [6.45, 7) is 7.78. The molecule has 0 aromatic heterocycles. The molecular weight excluding hydrogens is 450 g/mol. The van der Waals surface area contributed by atoms with Gasteiger partial charge in [0.1, 0.15) is 29.3 Å². The van der Waals surface area contributed by atoms with E-state index in [2.05, 4.69) is 23.5 Å². The zero-order chi connectivity index (χ0) is 24.1. The minimum absolute atomic E-state index is 0.259. The first kappa shape index (κ1) is 24.4. The molecule has 0 radical (unpaired) electrons. The minimum atomic E-state index is -0.566. The van der Waals surface area contributed by atoms with Crippen LogP contribution < -0.4 is 14.8 Å². The van der Waals surface area contributed by atoms with Crippen LogP contribution in [0.4, 0.5) is 5.69 Å². The van der Waals surface area contributed by atoms with Gasteiger partial charge in [-0.3, -0.25) is 0 Å². The number of hydrogen-bond acceptors (Lipinski definition) is 5. The van der Waals surface area contributed by atoms with Crippen molar-refractivity contribution in [2.45, 2.75) is 51.7 Å². The predicted molar refractivity (Wildman–Crippen MR) is 136 cm³/mol. The van der Waals surface area contributed by atoms with Crippen LogP contribution in [0.15, 0.2) is 66.7 Å². The molecule has 2 atom stereocenters. The lowest BCUT2D eigenvalue weighted by molar-refractivity contribution is -0.165. The second-order valence-corrected chi connectivity index (χ2v) is 9.33. The summed E-state index contributed by atoms with van der Waals surface area (Å²) in [4.78, 5) is 0. The Hall–Kier alpha value is -2.73. The first-order chi connectivity index (χ1) is 16.4. The maximum atomic E-state index is 6.41. The van der Waals surface area contributed by atoms with E-state index in [0.29, 0.717) is 24.8 Å². The van der Waals surface area contributed by atoms with Gasteiger partial charge >= 0.3 is 0 Å². The number of benzene rings is 3. The number of hydrogen-bond donors (Lipinski definition) is 1. The molecule has 5 nitrogen and oxygen atoms in total. The van der Waals surface area contributed by atoms with E-state index in [4.69, 9.17) is 30.5 Å². The highest BCUT2D eigenvalue weighted by Crippen LogP contribution is 2.44. The number of nitrogens with one attached hydrogen (secondary N) is 1. The number of ether oxygens (including phenoxy) is 4. The number of rotatable bonds is 9. The van der Waals surface area contributed by atoms with Crippen molar-refractivity contribution < 1.29 is 18.9 Å². The molecule has 0 amide bonds. The third kappa shape index (κ3) is 5.66. The van der Waals surface area contributed by atoms with Crippen molar-refractivity contribution in [3.63, 3.8) is 0 Å². The SMILES string of the molecule is CCOC1c2cc(NCc3ccc(OC)cc3)ccc2OC(C)(C)C1OCc1cccc(Cl)c1. The van der Waals surface area contributed by atoms with Crippen LogP contribution in [0, 0.1) is 0 Å². The lowest BCUT2D eigenvalue weighted by atomic mass is 9.87. The second kappa shape index (κ2) is 10.7. The van der Waals surface area contributed by atoms with Crippen molar-refractivity contribution in [2.24, 2.45) is 0 Å². The molecule has 34 heavy (non-hydrogen) atoms. The van der Waals surface area contributed by atoms with Crippen molar-refractivity contribution in [3.05, 3.63) is 88.4 Å². The molecule has 0 bridgehead atoms. The molecule has 1 aliphatic heterocycles. The maximum Gasteiger partial charge on any atom is 0.132 e. The highest BCUT2D eigenvalue weighted by Gasteiger charge is 2.45. The zero-order valence-corrected chi connectivity index (χ0v) is 20.9. The predicted octanol–water partition coefficient (Wildman–Crippen LogP) is 6.79. The highest BCUT2D eigenvalue weighted by atomic mass is 35.5. The lowest BCUT2D eigenvalue weighted by Crippen LogP contribution is -2.51. The molecule has 1 N–H and O–H groups in total. The molecule has 2 unspecified atom stereocenters. The van der Waals surface area contributed by atoms with E-state index in [1.54, 1.807) is 7.11 Å². The van der Waals surface area contributed by atoms with Crippen LogP contribution in [0.5, 0.6) is 11.5 Å².